The number of piperazine rings is 1. The molecule has 1 aliphatic carbocycles. The number of rotatable bonds is 8. The van der Waals surface area contributed by atoms with Crippen LogP contribution in [0, 0.1) is 6.92 Å². The van der Waals surface area contributed by atoms with Gasteiger partial charge in [-0.15, -0.1) is 0 Å². The van der Waals surface area contributed by atoms with E-state index in [4.69, 9.17) is 0 Å². The third-order valence-electron chi connectivity index (χ3n) is 7.80. The van der Waals surface area contributed by atoms with Crippen LogP contribution in [0.25, 0.3) is 11.3 Å². The lowest BCUT2D eigenvalue weighted by Gasteiger charge is -2.34. The number of aryl methyl sites for hydroxylation is 1. The molecule has 4 aromatic rings. The number of nitrogens with one attached hydrogen (secondary N) is 3. The molecule has 9 nitrogen and oxygen atoms in total. The van der Waals surface area contributed by atoms with Crippen LogP contribution in [0.5, 0.6) is 0 Å². The number of likely N-dealkylation sites (N-methyl/N-ethyl adjacent to an activating group) is 1. The van der Waals surface area contributed by atoms with Gasteiger partial charge < -0.3 is 25.8 Å². The number of pyridine rings is 1. The number of hydrogen-bond acceptors (Lipinski definition) is 8. The molecule has 1 saturated carbocycles. The zero-order valence-corrected chi connectivity index (χ0v) is 24.4. The third kappa shape index (κ3) is 6.91. The number of hydrogen-bond donors (Lipinski definition) is 3. The lowest BCUT2D eigenvalue weighted by molar-refractivity contribution is -0.137. The van der Waals surface area contributed by atoms with Gasteiger partial charge in [-0.05, 0) is 74.8 Å². The van der Waals surface area contributed by atoms with Crippen molar-refractivity contribution in [1.29, 1.82) is 0 Å². The maximum atomic E-state index is 13.8. The van der Waals surface area contributed by atoms with E-state index in [9.17, 15) is 18.0 Å². The van der Waals surface area contributed by atoms with E-state index < -0.39 is 17.6 Å². The molecule has 3 N–H and O–H groups in total. The molecule has 2 aliphatic rings. The molecular weight excluding hydrogens is 569 g/mol. The molecule has 1 aliphatic heterocycles. The van der Waals surface area contributed by atoms with E-state index in [1.165, 1.54) is 12.4 Å². The highest BCUT2D eigenvalue weighted by Gasteiger charge is 2.33. The van der Waals surface area contributed by atoms with Crippen LogP contribution in [0.2, 0.25) is 0 Å². The molecule has 1 amide bonds. The van der Waals surface area contributed by atoms with Crippen molar-refractivity contribution in [2.75, 3.05) is 54.1 Å². The first kappa shape index (κ1) is 29.4. The number of carbonyl (C=O) groups excluding carboxylic acids is 1. The van der Waals surface area contributed by atoms with Crippen LogP contribution < -0.4 is 20.9 Å². The summed E-state index contributed by atoms with van der Waals surface area (Å²) in [6, 6.07) is 14.9. The summed E-state index contributed by atoms with van der Waals surface area (Å²) in [4.78, 5) is 30.6. The molecule has 6 rings (SSSR count). The highest BCUT2D eigenvalue weighted by molar-refractivity contribution is 6.05. The van der Waals surface area contributed by atoms with Crippen molar-refractivity contribution in [2.24, 2.45) is 0 Å². The number of aromatic nitrogens is 3. The molecule has 0 spiro atoms. The summed E-state index contributed by atoms with van der Waals surface area (Å²) >= 11 is 0. The second-order valence-electron chi connectivity index (χ2n) is 11.3. The number of nitrogens with zero attached hydrogens (tertiary/aromatic N) is 5. The summed E-state index contributed by atoms with van der Waals surface area (Å²) in [7, 11) is 1.97. The fraction of sp³-hybridized carbons (Fsp3) is 0.312. The van der Waals surface area contributed by atoms with Crippen LogP contribution in [-0.2, 0) is 6.18 Å². The molecule has 0 atom stereocenters. The predicted molar refractivity (Wildman–Crippen MR) is 165 cm³/mol. The molecule has 2 fully saturated rings. The van der Waals surface area contributed by atoms with Crippen molar-refractivity contribution in [3.63, 3.8) is 0 Å². The zero-order valence-electron chi connectivity index (χ0n) is 24.4. The first-order valence-corrected chi connectivity index (χ1v) is 14.5. The van der Waals surface area contributed by atoms with E-state index >= 15 is 0 Å². The van der Waals surface area contributed by atoms with Gasteiger partial charge in [0, 0.05) is 72.7 Å². The Morgan fingerprint density at radius 1 is 0.955 bits per heavy atom. The van der Waals surface area contributed by atoms with E-state index in [1.807, 2.05) is 43.1 Å². The van der Waals surface area contributed by atoms with Gasteiger partial charge in [0.1, 0.15) is 18.0 Å². The minimum atomic E-state index is -4.59. The Balaban J connectivity index is 1.24. The van der Waals surface area contributed by atoms with Crippen molar-refractivity contribution in [1.82, 2.24) is 19.9 Å². The summed E-state index contributed by atoms with van der Waals surface area (Å²) in [6.45, 7) is 4.52. The summed E-state index contributed by atoms with van der Waals surface area (Å²) in [5, 5.41) is 9.51. The van der Waals surface area contributed by atoms with Gasteiger partial charge in [-0.1, -0.05) is 6.07 Å². The number of benzene rings is 2. The first-order valence-electron chi connectivity index (χ1n) is 14.5. The van der Waals surface area contributed by atoms with Gasteiger partial charge in [0.25, 0.3) is 5.91 Å². The summed E-state index contributed by atoms with van der Waals surface area (Å²) < 4.78 is 41.5. The van der Waals surface area contributed by atoms with Crippen LogP contribution >= 0.6 is 0 Å². The standard InChI is InChI=1S/C32H33F3N8O/c1-20-5-6-24(40-31(44)21-14-22(32(33,34)35)16-25(15-21)43-12-10-42(2)11-13-43)17-27(20)41-30-26(4-3-9-36-30)28-18-29(38-19-37-28)39-23-7-8-23/h3-6,9,14-19,23H,7-8,10-13H2,1-2H3,(H,36,41)(H,40,44)(H,37,38,39). The van der Waals surface area contributed by atoms with Gasteiger partial charge in [0.2, 0.25) is 0 Å². The third-order valence-corrected chi connectivity index (χ3v) is 7.80. The quantitative estimate of drug-likeness (QED) is 0.220. The molecule has 228 valence electrons. The summed E-state index contributed by atoms with van der Waals surface area (Å²) in [5.74, 6) is 0.680. The Morgan fingerprint density at radius 2 is 1.75 bits per heavy atom. The zero-order chi connectivity index (χ0) is 30.8. The van der Waals surface area contributed by atoms with Crippen LogP contribution in [-0.4, -0.2) is 65.0 Å². The average Bonchev–Trinajstić information content (AvgIpc) is 3.83. The smallest absolute Gasteiger partial charge is 0.369 e. The number of alkyl halides is 3. The van der Waals surface area contributed by atoms with Crippen molar-refractivity contribution < 1.29 is 18.0 Å². The maximum absolute atomic E-state index is 13.8. The van der Waals surface area contributed by atoms with Crippen molar-refractivity contribution >= 4 is 34.6 Å². The normalized spacial score (nSPS) is 15.6. The molecule has 0 bridgehead atoms. The van der Waals surface area contributed by atoms with Gasteiger partial charge in [-0.2, -0.15) is 13.2 Å². The van der Waals surface area contributed by atoms with E-state index in [1.54, 1.807) is 18.3 Å². The molecule has 3 heterocycles. The maximum Gasteiger partial charge on any atom is 0.416 e. The van der Waals surface area contributed by atoms with Crippen LogP contribution in [0.3, 0.4) is 0 Å². The molecule has 44 heavy (non-hydrogen) atoms. The lowest BCUT2D eigenvalue weighted by atomic mass is 10.1. The average molecular weight is 603 g/mol. The Bertz CT molecular complexity index is 1670. The topological polar surface area (TPSA) is 98.3 Å². The summed E-state index contributed by atoms with van der Waals surface area (Å²) in [6.07, 6.45) is 0.841. The van der Waals surface area contributed by atoms with E-state index in [2.05, 4.69) is 35.8 Å². The van der Waals surface area contributed by atoms with Crippen LogP contribution in [0.4, 0.5) is 41.9 Å². The Labute approximate surface area is 253 Å². The molecule has 12 heteroatoms. The first-order chi connectivity index (χ1) is 21.1. The highest BCUT2D eigenvalue weighted by Crippen LogP contribution is 2.35. The van der Waals surface area contributed by atoms with Gasteiger partial charge in [0.15, 0.2) is 0 Å². The van der Waals surface area contributed by atoms with Gasteiger partial charge in [-0.25, -0.2) is 15.0 Å². The Morgan fingerprint density at radius 3 is 2.50 bits per heavy atom. The second kappa shape index (κ2) is 12.1. The van der Waals surface area contributed by atoms with E-state index in [0.29, 0.717) is 47.7 Å². The number of carbonyl (C=O) groups is 1. The predicted octanol–water partition coefficient (Wildman–Crippen LogP) is 6.19. The van der Waals surface area contributed by atoms with Gasteiger partial charge >= 0.3 is 6.18 Å². The molecule has 2 aromatic carbocycles. The Hall–Kier alpha value is -4.71. The number of halogens is 3. The fourth-order valence-corrected chi connectivity index (χ4v) is 5.05. The monoisotopic (exact) mass is 602 g/mol. The summed E-state index contributed by atoms with van der Waals surface area (Å²) in [5.41, 5.74) is 2.92. The largest absolute Gasteiger partial charge is 0.416 e. The van der Waals surface area contributed by atoms with E-state index in [0.717, 1.165) is 55.0 Å². The molecule has 0 unspecified atom stereocenters. The SMILES string of the molecule is Cc1ccc(NC(=O)c2cc(N3CCN(C)CC3)cc(C(F)(F)F)c2)cc1Nc1ncccc1-c1cc(NC2CC2)ncn1. The minimum absolute atomic E-state index is 0.0600. The van der Waals surface area contributed by atoms with Crippen LogP contribution in [0.1, 0.15) is 34.3 Å². The van der Waals surface area contributed by atoms with Crippen molar-refractivity contribution in [3.8, 4) is 11.3 Å². The highest BCUT2D eigenvalue weighted by atomic mass is 19.4. The molecule has 2 aromatic heterocycles. The van der Waals surface area contributed by atoms with Crippen molar-refractivity contribution in [2.45, 2.75) is 32.0 Å². The number of amides is 1. The minimum Gasteiger partial charge on any atom is -0.369 e. The van der Waals surface area contributed by atoms with Gasteiger partial charge in [-0.3, -0.25) is 4.79 Å². The fourth-order valence-electron chi connectivity index (χ4n) is 5.05. The molecular formula is C32H33F3N8O. The number of anilines is 5. The molecule has 1 saturated heterocycles. The van der Waals surface area contributed by atoms with Gasteiger partial charge in [0.05, 0.1) is 11.3 Å². The molecule has 0 radical (unpaired) electrons. The second-order valence-corrected chi connectivity index (χ2v) is 11.3. The van der Waals surface area contributed by atoms with Crippen molar-refractivity contribution in [3.05, 3.63) is 83.8 Å². The Kier molecular flexibility index (Phi) is 8.09. The van der Waals surface area contributed by atoms with Crippen LogP contribution in [0.15, 0.2) is 67.1 Å². The van der Waals surface area contributed by atoms with E-state index in [-0.39, 0.29) is 5.56 Å². The lowest BCUT2D eigenvalue weighted by Crippen LogP contribution is -2.44.